The minimum absolute atomic E-state index is 0.213. The average Bonchev–Trinajstić information content (AvgIpc) is 2.61. The molecule has 1 atom stereocenters. The van der Waals surface area contributed by atoms with E-state index >= 15 is 0 Å². The van der Waals surface area contributed by atoms with E-state index in [4.69, 9.17) is 10.5 Å². The Kier molecular flexibility index (Phi) is 4.34. The van der Waals surface area contributed by atoms with E-state index in [1.165, 1.54) is 0 Å². The van der Waals surface area contributed by atoms with Gasteiger partial charge in [-0.1, -0.05) is 13.3 Å². The van der Waals surface area contributed by atoms with Gasteiger partial charge in [-0.3, -0.25) is 4.68 Å². The van der Waals surface area contributed by atoms with Crippen molar-refractivity contribution in [3.8, 4) is 0 Å². The molecule has 2 N–H and O–H groups in total. The lowest BCUT2D eigenvalue weighted by atomic mass is 10.2. The molecule has 1 heterocycles. The lowest BCUT2D eigenvalue weighted by Crippen LogP contribution is -2.10. The zero-order valence-corrected chi connectivity index (χ0v) is 10.1. The van der Waals surface area contributed by atoms with Crippen LogP contribution in [0.2, 0.25) is 0 Å². The predicted octanol–water partition coefficient (Wildman–Crippen LogP) is 2.00. The van der Waals surface area contributed by atoms with Crippen molar-refractivity contribution < 1.29 is 9.53 Å². The lowest BCUT2D eigenvalue weighted by molar-refractivity contribution is 0.0519. The quantitative estimate of drug-likeness (QED) is 0.778. The minimum Gasteiger partial charge on any atom is -0.461 e. The number of hydrogen-bond acceptors (Lipinski definition) is 4. The molecule has 0 saturated carbocycles. The van der Waals surface area contributed by atoms with Gasteiger partial charge in [-0.2, -0.15) is 5.10 Å². The summed E-state index contributed by atoms with van der Waals surface area (Å²) in [5, 5.41) is 4.16. The number of nitrogens with two attached hydrogens (primary N) is 1. The summed E-state index contributed by atoms with van der Waals surface area (Å²) in [5.74, 6) is -0.456. The fourth-order valence-electron chi connectivity index (χ4n) is 1.54. The highest BCUT2D eigenvalue weighted by atomic mass is 16.5. The highest BCUT2D eigenvalue weighted by Crippen LogP contribution is 2.17. The molecule has 90 valence electrons. The van der Waals surface area contributed by atoms with Crippen LogP contribution < -0.4 is 5.73 Å². The highest BCUT2D eigenvalue weighted by molar-refractivity contribution is 5.92. The van der Waals surface area contributed by atoms with Crippen molar-refractivity contribution >= 4 is 11.7 Å². The Morgan fingerprint density at radius 1 is 1.62 bits per heavy atom. The SMILES string of the molecule is CCCC(C)n1cc(N)c(C(=O)OCC)n1. The molecule has 5 heteroatoms. The maximum Gasteiger partial charge on any atom is 0.361 e. The summed E-state index contributed by atoms with van der Waals surface area (Å²) in [4.78, 5) is 11.5. The molecule has 0 saturated heterocycles. The number of nitrogen functional groups attached to an aromatic ring is 1. The predicted molar refractivity (Wildman–Crippen MR) is 62.2 cm³/mol. The van der Waals surface area contributed by atoms with E-state index in [0.29, 0.717) is 12.3 Å². The van der Waals surface area contributed by atoms with E-state index in [1.807, 2.05) is 6.92 Å². The Bertz CT molecular complexity index is 360. The standard InChI is InChI=1S/C11H19N3O2/c1-4-6-8(3)14-7-9(12)10(13-14)11(15)16-5-2/h7-8H,4-6,12H2,1-3H3. The van der Waals surface area contributed by atoms with Crippen molar-refractivity contribution in [2.45, 2.75) is 39.7 Å². The lowest BCUT2D eigenvalue weighted by Gasteiger charge is -2.09. The number of aromatic nitrogens is 2. The van der Waals surface area contributed by atoms with Crippen LogP contribution in [0.4, 0.5) is 5.69 Å². The van der Waals surface area contributed by atoms with Gasteiger partial charge in [0.2, 0.25) is 0 Å². The molecule has 5 nitrogen and oxygen atoms in total. The Morgan fingerprint density at radius 3 is 2.88 bits per heavy atom. The molecule has 0 aliphatic heterocycles. The van der Waals surface area contributed by atoms with Gasteiger partial charge in [-0.25, -0.2) is 4.79 Å². The van der Waals surface area contributed by atoms with E-state index in [1.54, 1.807) is 17.8 Å². The van der Waals surface area contributed by atoms with Crippen LogP contribution in [0.1, 0.15) is 50.1 Å². The molecule has 1 aromatic heterocycles. The number of carbonyl (C=O) groups is 1. The Hall–Kier alpha value is -1.52. The second-order valence-corrected chi connectivity index (χ2v) is 3.77. The Morgan fingerprint density at radius 2 is 2.31 bits per heavy atom. The molecule has 0 amide bonds. The van der Waals surface area contributed by atoms with Crippen LogP contribution in [0, 0.1) is 0 Å². The maximum absolute atomic E-state index is 11.5. The molecule has 0 aromatic carbocycles. The second kappa shape index (κ2) is 5.53. The fraction of sp³-hybridized carbons (Fsp3) is 0.636. The number of rotatable bonds is 5. The molecule has 1 unspecified atom stereocenters. The van der Waals surface area contributed by atoms with Crippen LogP contribution in [-0.4, -0.2) is 22.4 Å². The van der Waals surface area contributed by atoms with Crippen LogP contribution >= 0.6 is 0 Å². The second-order valence-electron chi connectivity index (χ2n) is 3.77. The number of anilines is 1. The minimum atomic E-state index is -0.456. The summed E-state index contributed by atoms with van der Waals surface area (Å²) in [5.41, 5.74) is 6.31. The third-order valence-corrected chi connectivity index (χ3v) is 2.39. The summed E-state index contributed by atoms with van der Waals surface area (Å²) in [7, 11) is 0. The monoisotopic (exact) mass is 225 g/mol. The number of ether oxygens (including phenoxy) is 1. The molecule has 1 rings (SSSR count). The zero-order chi connectivity index (χ0) is 12.1. The molecule has 0 bridgehead atoms. The van der Waals surface area contributed by atoms with Gasteiger partial charge in [0.1, 0.15) is 0 Å². The number of carbonyl (C=O) groups excluding carboxylic acids is 1. The van der Waals surface area contributed by atoms with Gasteiger partial charge in [0.15, 0.2) is 5.69 Å². The smallest absolute Gasteiger partial charge is 0.361 e. The highest BCUT2D eigenvalue weighted by Gasteiger charge is 2.17. The molecule has 0 radical (unpaired) electrons. The summed E-state index contributed by atoms with van der Waals surface area (Å²) in [6.45, 7) is 6.24. The van der Waals surface area contributed by atoms with E-state index in [2.05, 4.69) is 12.0 Å². The summed E-state index contributed by atoms with van der Waals surface area (Å²) in [6, 6.07) is 0.246. The summed E-state index contributed by atoms with van der Waals surface area (Å²) in [6.07, 6.45) is 3.76. The Labute approximate surface area is 95.6 Å². The van der Waals surface area contributed by atoms with Gasteiger partial charge >= 0.3 is 5.97 Å². The van der Waals surface area contributed by atoms with Gasteiger partial charge in [0, 0.05) is 12.2 Å². The van der Waals surface area contributed by atoms with E-state index in [9.17, 15) is 4.79 Å². The molecule has 0 aliphatic rings. The number of nitrogens with zero attached hydrogens (tertiary/aromatic N) is 2. The van der Waals surface area contributed by atoms with Crippen molar-refractivity contribution in [2.24, 2.45) is 0 Å². The maximum atomic E-state index is 11.5. The first-order valence-electron chi connectivity index (χ1n) is 5.61. The van der Waals surface area contributed by atoms with Crippen molar-refractivity contribution in [3.05, 3.63) is 11.9 Å². The van der Waals surface area contributed by atoms with Crippen molar-refractivity contribution in [1.29, 1.82) is 0 Å². The molecule has 0 aliphatic carbocycles. The first-order valence-corrected chi connectivity index (χ1v) is 5.61. The molecule has 1 aromatic rings. The van der Waals surface area contributed by atoms with Crippen LogP contribution in [0.3, 0.4) is 0 Å². The van der Waals surface area contributed by atoms with Crippen molar-refractivity contribution in [2.75, 3.05) is 12.3 Å². The fourth-order valence-corrected chi connectivity index (χ4v) is 1.54. The third-order valence-electron chi connectivity index (χ3n) is 2.39. The number of esters is 1. The van der Waals surface area contributed by atoms with Crippen molar-refractivity contribution in [1.82, 2.24) is 9.78 Å². The first-order chi connectivity index (χ1) is 7.60. The first kappa shape index (κ1) is 12.5. The van der Waals surface area contributed by atoms with E-state index < -0.39 is 5.97 Å². The molecule has 0 spiro atoms. The molecular formula is C11H19N3O2. The van der Waals surface area contributed by atoms with Crippen LogP contribution in [0.5, 0.6) is 0 Å². The normalized spacial score (nSPS) is 12.4. The average molecular weight is 225 g/mol. The molecule has 16 heavy (non-hydrogen) atoms. The van der Waals surface area contributed by atoms with E-state index in [-0.39, 0.29) is 11.7 Å². The summed E-state index contributed by atoms with van der Waals surface area (Å²) >= 11 is 0. The van der Waals surface area contributed by atoms with Gasteiger partial charge in [-0.15, -0.1) is 0 Å². The van der Waals surface area contributed by atoms with Crippen molar-refractivity contribution in [3.63, 3.8) is 0 Å². The van der Waals surface area contributed by atoms with Crippen LogP contribution in [0.25, 0.3) is 0 Å². The van der Waals surface area contributed by atoms with Gasteiger partial charge in [-0.05, 0) is 20.3 Å². The topological polar surface area (TPSA) is 70.1 Å². The third kappa shape index (κ3) is 2.74. The van der Waals surface area contributed by atoms with Gasteiger partial charge in [0.05, 0.1) is 12.3 Å². The molecule has 0 fully saturated rings. The van der Waals surface area contributed by atoms with Gasteiger partial charge < -0.3 is 10.5 Å². The number of hydrogen-bond donors (Lipinski definition) is 1. The van der Waals surface area contributed by atoms with Gasteiger partial charge in [0.25, 0.3) is 0 Å². The summed E-state index contributed by atoms with van der Waals surface area (Å²) < 4.78 is 6.59. The van der Waals surface area contributed by atoms with E-state index in [0.717, 1.165) is 12.8 Å². The van der Waals surface area contributed by atoms with Crippen LogP contribution in [-0.2, 0) is 4.74 Å². The van der Waals surface area contributed by atoms with Crippen LogP contribution in [0.15, 0.2) is 6.20 Å². The molecular weight excluding hydrogens is 206 g/mol. The Balaban J connectivity index is 2.84. The zero-order valence-electron chi connectivity index (χ0n) is 10.1. The largest absolute Gasteiger partial charge is 0.461 e.